The molecule has 1 aromatic carbocycles. The Bertz CT molecular complexity index is 757. The first-order valence-electron chi connectivity index (χ1n) is 8.19. The molecule has 3 nitrogen and oxygen atoms in total. The van der Waals surface area contributed by atoms with Gasteiger partial charge in [-0.05, 0) is 62.7 Å². The maximum atomic E-state index is 5.49. The zero-order valence-corrected chi connectivity index (χ0v) is 13.0. The van der Waals surface area contributed by atoms with Gasteiger partial charge >= 0.3 is 0 Å². The fourth-order valence-electron chi connectivity index (χ4n) is 3.51. The lowest BCUT2D eigenvalue weighted by Gasteiger charge is -2.20. The molecule has 3 heteroatoms. The van der Waals surface area contributed by atoms with Crippen LogP contribution in [0.3, 0.4) is 0 Å². The minimum atomic E-state index is 0.745. The van der Waals surface area contributed by atoms with E-state index in [4.69, 9.17) is 4.42 Å². The first-order chi connectivity index (χ1) is 10.8. The Morgan fingerprint density at radius 2 is 2.23 bits per heavy atom. The number of hydrogen-bond donors (Lipinski definition) is 1. The summed E-state index contributed by atoms with van der Waals surface area (Å²) in [6, 6.07) is 13.4. The largest absolute Gasteiger partial charge is 0.464 e. The molecule has 4 rings (SSSR count). The number of benzene rings is 1. The molecule has 114 valence electrons. The summed E-state index contributed by atoms with van der Waals surface area (Å²) in [7, 11) is 0. The number of rotatable bonds is 4. The Morgan fingerprint density at radius 3 is 3.00 bits per heavy atom. The highest BCUT2D eigenvalue weighted by molar-refractivity contribution is 5.85. The highest BCUT2D eigenvalue weighted by atomic mass is 16.3. The van der Waals surface area contributed by atoms with Gasteiger partial charge in [0, 0.05) is 41.2 Å². The number of aromatic amines is 1. The second-order valence-corrected chi connectivity index (χ2v) is 6.35. The normalized spacial score (nSPS) is 19.2. The lowest BCUT2D eigenvalue weighted by molar-refractivity contribution is 0.271. The third-order valence-corrected chi connectivity index (χ3v) is 4.84. The van der Waals surface area contributed by atoms with E-state index in [1.807, 2.05) is 12.1 Å². The molecule has 0 amide bonds. The molecule has 22 heavy (non-hydrogen) atoms. The van der Waals surface area contributed by atoms with Crippen molar-refractivity contribution in [2.75, 3.05) is 13.1 Å². The van der Waals surface area contributed by atoms with Crippen molar-refractivity contribution in [3.05, 3.63) is 48.4 Å². The van der Waals surface area contributed by atoms with Gasteiger partial charge in [0.15, 0.2) is 0 Å². The van der Waals surface area contributed by atoms with Crippen LogP contribution in [-0.2, 0) is 6.42 Å². The van der Waals surface area contributed by atoms with Gasteiger partial charge in [-0.2, -0.15) is 0 Å². The molecule has 1 atom stereocenters. The van der Waals surface area contributed by atoms with E-state index >= 15 is 0 Å². The number of furan rings is 1. The van der Waals surface area contributed by atoms with Crippen molar-refractivity contribution in [3.63, 3.8) is 0 Å². The molecule has 2 aromatic heterocycles. The standard InChI is InChI=1S/C19H22N2O/c1-14-4-2-9-21(14)10-8-17-13-16-12-15(6-7-18(16)20-17)19-5-3-11-22-19/h3,5-7,11-14,20H,2,4,8-10H2,1H3/t14-/m1/s1. The van der Waals surface area contributed by atoms with Crippen LogP contribution in [0.2, 0.25) is 0 Å². The Kier molecular flexibility index (Phi) is 3.51. The minimum Gasteiger partial charge on any atom is -0.464 e. The van der Waals surface area contributed by atoms with Crippen LogP contribution in [0.1, 0.15) is 25.5 Å². The average molecular weight is 294 g/mol. The fourth-order valence-corrected chi connectivity index (χ4v) is 3.51. The second kappa shape index (κ2) is 5.65. The van der Waals surface area contributed by atoms with Gasteiger partial charge in [-0.3, -0.25) is 0 Å². The number of H-pyrrole nitrogens is 1. The van der Waals surface area contributed by atoms with Crippen molar-refractivity contribution in [1.29, 1.82) is 0 Å². The maximum absolute atomic E-state index is 5.49. The lowest BCUT2D eigenvalue weighted by atomic mass is 10.1. The number of aromatic nitrogens is 1. The Balaban J connectivity index is 1.53. The van der Waals surface area contributed by atoms with Crippen molar-refractivity contribution in [3.8, 4) is 11.3 Å². The van der Waals surface area contributed by atoms with Crippen LogP contribution in [0.25, 0.3) is 22.2 Å². The monoisotopic (exact) mass is 294 g/mol. The van der Waals surface area contributed by atoms with Crippen LogP contribution in [0.5, 0.6) is 0 Å². The fraction of sp³-hybridized carbons (Fsp3) is 0.368. The van der Waals surface area contributed by atoms with Crippen LogP contribution in [-0.4, -0.2) is 29.0 Å². The SMILES string of the molecule is C[C@@H]1CCCN1CCc1cc2cc(-c3ccco3)ccc2[nH]1. The predicted molar refractivity (Wildman–Crippen MR) is 90.0 cm³/mol. The zero-order chi connectivity index (χ0) is 14.9. The molecular formula is C19H22N2O. The molecule has 3 aromatic rings. The van der Waals surface area contributed by atoms with E-state index in [-0.39, 0.29) is 0 Å². The smallest absolute Gasteiger partial charge is 0.133 e. The molecule has 1 aliphatic rings. The van der Waals surface area contributed by atoms with Crippen LogP contribution < -0.4 is 0 Å². The molecular weight excluding hydrogens is 272 g/mol. The van der Waals surface area contributed by atoms with Crippen molar-refractivity contribution in [2.45, 2.75) is 32.2 Å². The molecule has 1 fully saturated rings. The highest BCUT2D eigenvalue weighted by Crippen LogP contribution is 2.25. The van der Waals surface area contributed by atoms with Gasteiger partial charge in [0.05, 0.1) is 6.26 Å². The molecule has 3 heterocycles. The topological polar surface area (TPSA) is 32.2 Å². The van der Waals surface area contributed by atoms with E-state index in [0.717, 1.165) is 30.3 Å². The number of hydrogen-bond acceptors (Lipinski definition) is 2. The van der Waals surface area contributed by atoms with Crippen LogP contribution >= 0.6 is 0 Å². The summed E-state index contributed by atoms with van der Waals surface area (Å²) >= 11 is 0. The molecule has 0 bridgehead atoms. The summed E-state index contributed by atoms with van der Waals surface area (Å²) in [6.07, 6.45) is 5.51. The zero-order valence-electron chi connectivity index (χ0n) is 13.0. The summed E-state index contributed by atoms with van der Waals surface area (Å²) in [5.41, 5.74) is 3.67. The molecule has 1 N–H and O–H groups in total. The second-order valence-electron chi connectivity index (χ2n) is 6.35. The summed E-state index contributed by atoms with van der Waals surface area (Å²) in [5, 5.41) is 1.26. The number of fused-ring (bicyclic) bond motifs is 1. The third kappa shape index (κ3) is 2.57. The van der Waals surface area contributed by atoms with Crippen molar-refractivity contribution in [1.82, 2.24) is 9.88 Å². The van der Waals surface area contributed by atoms with Crippen molar-refractivity contribution < 1.29 is 4.42 Å². The molecule has 0 saturated carbocycles. The first kappa shape index (κ1) is 13.6. The molecule has 1 aliphatic heterocycles. The van der Waals surface area contributed by atoms with E-state index in [2.05, 4.69) is 41.1 Å². The molecule has 0 aliphatic carbocycles. The van der Waals surface area contributed by atoms with E-state index in [1.165, 1.54) is 36.0 Å². The summed E-state index contributed by atoms with van der Waals surface area (Å²) in [5.74, 6) is 0.926. The Labute approximate surface area is 130 Å². The van der Waals surface area contributed by atoms with Crippen LogP contribution in [0, 0.1) is 0 Å². The molecule has 0 radical (unpaired) electrons. The van der Waals surface area contributed by atoms with Gasteiger partial charge < -0.3 is 14.3 Å². The molecule has 0 spiro atoms. The number of likely N-dealkylation sites (tertiary alicyclic amines) is 1. The van der Waals surface area contributed by atoms with E-state index in [0.29, 0.717) is 0 Å². The van der Waals surface area contributed by atoms with Gasteiger partial charge in [0.1, 0.15) is 5.76 Å². The first-order valence-corrected chi connectivity index (χ1v) is 8.19. The Hall–Kier alpha value is -2.00. The third-order valence-electron chi connectivity index (χ3n) is 4.84. The Morgan fingerprint density at radius 1 is 1.27 bits per heavy atom. The quantitative estimate of drug-likeness (QED) is 0.770. The summed E-state index contributed by atoms with van der Waals surface area (Å²) in [6.45, 7) is 4.75. The van der Waals surface area contributed by atoms with Gasteiger partial charge in [0.2, 0.25) is 0 Å². The lowest BCUT2D eigenvalue weighted by Crippen LogP contribution is -2.29. The van der Waals surface area contributed by atoms with E-state index < -0.39 is 0 Å². The van der Waals surface area contributed by atoms with E-state index in [9.17, 15) is 0 Å². The van der Waals surface area contributed by atoms with Crippen LogP contribution in [0.15, 0.2) is 47.1 Å². The van der Waals surface area contributed by atoms with Gasteiger partial charge in [-0.25, -0.2) is 0 Å². The van der Waals surface area contributed by atoms with Crippen LogP contribution in [0.4, 0.5) is 0 Å². The number of nitrogens with zero attached hydrogens (tertiary/aromatic N) is 1. The molecule has 1 saturated heterocycles. The maximum Gasteiger partial charge on any atom is 0.133 e. The van der Waals surface area contributed by atoms with Crippen molar-refractivity contribution in [2.24, 2.45) is 0 Å². The van der Waals surface area contributed by atoms with Gasteiger partial charge in [-0.15, -0.1) is 0 Å². The van der Waals surface area contributed by atoms with Crippen molar-refractivity contribution >= 4 is 10.9 Å². The van der Waals surface area contributed by atoms with E-state index in [1.54, 1.807) is 6.26 Å². The van der Waals surface area contributed by atoms with Gasteiger partial charge in [-0.1, -0.05) is 0 Å². The average Bonchev–Trinajstić information content (AvgIpc) is 3.25. The highest BCUT2D eigenvalue weighted by Gasteiger charge is 2.19. The van der Waals surface area contributed by atoms with Gasteiger partial charge in [0.25, 0.3) is 0 Å². The molecule has 0 unspecified atom stereocenters. The number of nitrogens with one attached hydrogen (secondary N) is 1. The summed E-state index contributed by atoms with van der Waals surface area (Å²) in [4.78, 5) is 6.15. The summed E-state index contributed by atoms with van der Waals surface area (Å²) < 4.78 is 5.49. The predicted octanol–water partition coefficient (Wildman–Crippen LogP) is 4.45. The minimum absolute atomic E-state index is 0.745.